The standard InChI is InChI=1S/C9H14N2O4/c12-7(5-8(13)14)11-6-3-1-2-4-10-9(6)15/h6H,1-5H2,(H,10,15)(H,11,12)(H,13,14). The summed E-state index contributed by atoms with van der Waals surface area (Å²) in [7, 11) is 0. The van der Waals surface area contributed by atoms with Crippen LogP contribution in [0, 0.1) is 0 Å². The summed E-state index contributed by atoms with van der Waals surface area (Å²) in [6.07, 6.45) is 1.70. The summed E-state index contributed by atoms with van der Waals surface area (Å²) in [5.74, 6) is -2.04. The van der Waals surface area contributed by atoms with Gasteiger partial charge in [0.2, 0.25) is 11.8 Å². The molecular weight excluding hydrogens is 200 g/mol. The van der Waals surface area contributed by atoms with Crippen molar-refractivity contribution in [1.82, 2.24) is 10.6 Å². The van der Waals surface area contributed by atoms with E-state index in [2.05, 4.69) is 10.6 Å². The molecule has 1 fully saturated rings. The minimum absolute atomic E-state index is 0.230. The van der Waals surface area contributed by atoms with Crippen LogP contribution in [0.5, 0.6) is 0 Å². The number of carboxylic acids is 1. The van der Waals surface area contributed by atoms with Crippen molar-refractivity contribution < 1.29 is 19.5 Å². The summed E-state index contributed by atoms with van der Waals surface area (Å²) in [4.78, 5) is 32.7. The van der Waals surface area contributed by atoms with Crippen LogP contribution in [0.15, 0.2) is 0 Å². The lowest BCUT2D eigenvalue weighted by Gasteiger charge is -2.14. The summed E-state index contributed by atoms with van der Waals surface area (Å²) < 4.78 is 0. The summed E-state index contributed by atoms with van der Waals surface area (Å²) in [5.41, 5.74) is 0. The Balaban J connectivity index is 2.44. The van der Waals surface area contributed by atoms with Crippen molar-refractivity contribution in [2.24, 2.45) is 0 Å². The highest BCUT2D eigenvalue weighted by atomic mass is 16.4. The molecule has 1 aliphatic heterocycles. The van der Waals surface area contributed by atoms with Gasteiger partial charge in [-0.05, 0) is 19.3 Å². The molecule has 0 aliphatic carbocycles. The largest absolute Gasteiger partial charge is 0.481 e. The van der Waals surface area contributed by atoms with Gasteiger partial charge in [0.05, 0.1) is 0 Å². The topological polar surface area (TPSA) is 95.5 Å². The molecule has 0 aromatic carbocycles. The zero-order valence-electron chi connectivity index (χ0n) is 8.28. The number of nitrogens with one attached hydrogen (secondary N) is 2. The highest BCUT2D eigenvalue weighted by Crippen LogP contribution is 2.05. The van der Waals surface area contributed by atoms with Crippen molar-refractivity contribution in [2.75, 3.05) is 6.54 Å². The maximum Gasteiger partial charge on any atom is 0.312 e. The Morgan fingerprint density at radius 1 is 1.47 bits per heavy atom. The number of hydrogen-bond acceptors (Lipinski definition) is 3. The molecule has 6 nitrogen and oxygen atoms in total. The van der Waals surface area contributed by atoms with Gasteiger partial charge in [0, 0.05) is 6.54 Å². The van der Waals surface area contributed by atoms with Crippen molar-refractivity contribution in [3.8, 4) is 0 Å². The SMILES string of the molecule is O=C(O)CC(=O)NC1CCCCNC1=O. The minimum atomic E-state index is -1.19. The number of aliphatic carboxylic acids is 1. The molecule has 1 saturated heterocycles. The van der Waals surface area contributed by atoms with Crippen molar-refractivity contribution in [1.29, 1.82) is 0 Å². The maximum absolute atomic E-state index is 11.4. The Hall–Kier alpha value is -1.59. The molecule has 1 atom stereocenters. The van der Waals surface area contributed by atoms with Crippen LogP contribution in [-0.4, -0.2) is 35.5 Å². The van der Waals surface area contributed by atoms with Gasteiger partial charge in [-0.25, -0.2) is 0 Å². The molecule has 2 amide bonds. The Bertz CT molecular complexity index is 277. The van der Waals surface area contributed by atoms with Crippen LogP contribution in [0.25, 0.3) is 0 Å². The molecule has 1 aliphatic rings. The second-order valence-corrected chi connectivity index (χ2v) is 3.48. The van der Waals surface area contributed by atoms with Crippen LogP contribution >= 0.6 is 0 Å². The van der Waals surface area contributed by atoms with Crippen LogP contribution in [-0.2, 0) is 14.4 Å². The molecule has 0 aromatic rings. The van der Waals surface area contributed by atoms with E-state index in [1.54, 1.807) is 0 Å². The number of carbonyl (C=O) groups is 3. The first kappa shape index (κ1) is 11.5. The molecule has 0 spiro atoms. The quantitative estimate of drug-likeness (QED) is 0.538. The van der Waals surface area contributed by atoms with Crippen LogP contribution in [0.1, 0.15) is 25.7 Å². The molecule has 0 bridgehead atoms. The molecule has 0 radical (unpaired) electrons. The summed E-state index contributed by atoms with van der Waals surface area (Å²) >= 11 is 0. The molecule has 84 valence electrons. The number of carboxylic acid groups (broad SMARTS) is 1. The maximum atomic E-state index is 11.4. The second-order valence-electron chi connectivity index (χ2n) is 3.48. The third-order valence-electron chi connectivity index (χ3n) is 2.18. The minimum Gasteiger partial charge on any atom is -0.481 e. The normalized spacial score (nSPS) is 21.3. The summed E-state index contributed by atoms with van der Waals surface area (Å²) in [6.45, 7) is 0.615. The number of amides is 2. The third-order valence-corrected chi connectivity index (χ3v) is 2.18. The van der Waals surface area contributed by atoms with Gasteiger partial charge in [-0.1, -0.05) is 0 Å². The smallest absolute Gasteiger partial charge is 0.312 e. The van der Waals surface area contributed by atoms with E-state index in [9.17, 15) is 14.4 Å². The van der Waals surface area contributed by atoms with E-state index in [4.69, 9.17) is 5.11 Å². The van der Waals surface area contributed by atoms with Gasteiger partial charge in [0.15, 0.2) is 0 Å². The lowest BCUT2D eigenvalue weighted by molar-refractivity contribution is -0.141. The van der Waals surface area contributed by atoms with Crippen LogP contribution in [0.3, 0.4) is 0 Å². The predicted octanol–water partition coefficient (Wildman–Crippen LogP) is -0.754. The van der Waals surface area contributed by atoms with E-state index < -0.39 is 24.3 Å². The molecular formula is C9H14N2O4. The average Bonchev–Trinajstić information content (AvgIpc) is 2.30. The van der Waals surface area contributed by atoms with Crippen molar-refractivity contribution in [3.63, 3.8) is 0 Å². The van der Waals surface area contributed by atoms with Crippen molar-refractivity contribution >= 4 is 17.8 Å². The van der Waals surface area contributed by atoms with Crippen LogP contribution < -0.4 is 10.6 Å². The highest BCUT2D eigenvalue weighted by Gasteiger charge is 2.22. The van der Waals surface area contributed by atoms with E-state index in [0.29, 0.717) is 13.0 Å². The van der Waals surface area contributed by atoms with Crippen LogP contribution in [0.2, 0.25) is 0 Å². The number of carbonyl (C=O) groups excluding carboxylic acids is 2. The fourth-order valence-electron chi connectivity index (χ4n) is 1.46. The molecule has 3 N–H and O–H groups in total. The molecule has 1 unspecified atom stereocenters. The molecule has 0 aromatic heterocycles. The number of rotatable bonds is 3. The van der Waals surface area contributed by atoms with Crippen LogP contribution in [0.4, 0.5) is 0 Å². The average molecular weight is 214 g/mol. The first-order valence-corrected chi connectivity index (χ1v) is 4.88. The van der Waals surface area contributed by atoms with Gasteiger partial charge in [-0.2, -0.15) is 0 Å². The first-order valence-electron chi connectivity index (χ1n) is 4.88. The van der Waals surface area contributed by atoms with Crippen molar-refractivity contribution in [3.05, 3.63) is 0 Å². The van der Waals surface area contributed by atoms with Gasteiger partial charge < -0.3 is 15.7 Å². The van der Waals surface area contributed by atoms with E-state index in [1.165, 1.54) is 0 Å². The number of hydrogen-bond donors (Lipinski definition) is 3. The summed E-state index contributed by atoms with van der Waals surface area (Å²) in [6, 6.07) is -0.584. The van der Waals surface area contributed by atoms with Gasteiger partial charge in [0.25, 0.3) is 0 Å². The van der Waals surface area contributed by atoms with E-state index >= 15 is 0 Å². The second kappa shape index (κ2) is 5.33. The molecule has 6 heteroatoms. The molecule has 0 saturated carbocycles. The Labute approximate surface area is 87.0 Å². The van der Waals surface area contributed by atoms with Gasteiger partial charge in [0.1, 0.15) is 12.5 Å². The van der Waals surface area contributed by atoms with E-state index in [0.717, 1.165) is 12.8 Å². The Morgan fingerprint density at radius 2 is 2.20 bits per heavy atom. The predicted molar refractivity (Wildman–Crippen MR) is 51.0 cm³/mol. The lowest BCUT2D eigenvalue weighted by atomic mass is 10.1. The van der Waals surface area contributed by atoms with E-state index in [-0.39, 0.29) is 5.91 Å². The zero-order chi connectivity index (χ0) is 11.3. The monoisotopic (exact) mass is 214 g/mol. The van der Waals surface area contributed by atoms with Gasteiger partial charge in [-0.15, -0.1) is 0 Å². The molecule has 1 rings (SSSR count). The zero-order valence-corrected chi connectivity index (χ0v) is 8.28. The highest BCUT2D eigenvalue weighted by molar-refractivity contribution is 5.96. The van der Waals surface area contributed by atoms with Crippen molar-refractivity contribution in [2.45, 2.75) is 31.7 Å². The van der Waals surface area contributed by atoms with E-state index in [1.807, 2.05) is 0 Å². The first-order chi connectivity index (χ1) is 7.09. The summed E-state index contributed by atoms with van der Waals surface area (Å²) in [5, 5.41) is 13.4. The molecule has 15 heavy (non-hydrogen) atoms. The van der Waals surface area contributed by atoms with Gasteiger partial charge in [-0.3, -0.25) is 14.4 Å². The Morgan fingerprint density at radius 3 is 2.87 bits per heavy atom. The molecule has 1 heterocycles. The third kappa shape index (κ3) is 3.97. The Kier molecular flexibility index (Phi) is 4.08. The lowest BCUT2D eigenvalue weighted by Crippen LogP contribution is -2.45. The fourth-order valence-corrected chi connectivity index (χ4v) is 1.46. The van der Waals surface area contributed by atoms with Gasteiger partial charge >= 0.3 is 5.97 Å². The fraction of sp³-hybridized carbons (Fsp3) is 0.667.